The molecule has 1 heterocycles. The van der Waals surface area contributed by atoms with E-state index in [1.54, 1.807) is 4.68 Å². The SMILES string of the molecule is CC(C)n1ncnc1CC(=O)C1CCCC(F)(F)C1. The monoisotopic (exact) mass is 271 g/mol. The standard InChI is InChI=1S/C13H19F2N3O/c1-9(2)18-12(16-8-17-18)6-11(19)10-4-3-5-13(14,15)7-10/h8-10H,3-7H2,1-2H3. The fraction of sp³-hybridized carbons (Fsp3) is 0.769. The van der Waals surface area contributed by atoms with Crippen molar-refractivity contribution in [2.75, 3.05) is 0 Å². The minimum Gasteiger partial charge on any atom is -0.299 e. The summed E-state index contributed by atoms with van der Waals surface area (Å²) in [6.07, 6.45) is 2.06. The Labute approximate surface area is 111 Å². The van der Waals surface area contributed by atoms with Crippen LogP contribution in [0.4, 0.5) is 8.78 Å². The zero-order valence-electron chi connectivity index (χ0n) is 11.3. The van der Waals surface area contributed by atoms with Crippen molar-refractivity contribution in [2.45, 2.75) is 57.9 Å². The van der Waals surface area contributed by atoms with E-state index in [9.17, 15) is 13.6 Å². The van der Waals surface area contributed by atoms with Gasteiger partial charge in [-0.15, -0.1) is 0 Å². The molecular weight excluding hydrogens is 252 g/mol. The Balaban J connectivity index is 2.03. The summed E-state index contributed by atoms with van der Waals surface area (Å²) in [4.78, 5) is 16.2. The topological polar surface area (TPSA) is 47.8 Å². The van der Waals surface area contributed by atoms with Gasteiger partial charge >= 0.3 is 0 Å². The third-order valence-electron chi connectivity index (χ3n) is 3.56. The fourth-order valence-electron chi connectivity index (χ4n) is 2.58. The minimum atomic E-state index is -2.69. The summed E-state index contributed by atoms with van der Waals surface area (Å²) < 4.78 is 28.3. The van der Waals surface area contributed by atoms with E-state index in [2.05, 4.69) is 10.1 Å². The van der Waals surface area contributed by atoms with Gasteiger partial charge in [0.05, 0.1) is 6.42 Å². The van der Waals surface area contributed by atoms with Crippen molar-refractivity contribution in [3.05, 3.63) is 12.2 Å². The maximum absolute atomic E-state index is 13.3. The Morgan fingerprint density at radius 3 is 2.95 bits per heavy atom. The third kappa shape index (κ3) is 3.36. The van der Waals surface area contributed by atoms with Crippen molar-refractivity contribution < 1.29 is 13.6 Å². The molecule has 106 valence electrons. The molecule has 0 spiro atoms. The van der Waals surface area contributed by atoms with Crippen LogP contribution in [0.3, 0.4) is 0 Å². The van der Waals surface area contributed by atoms with Gasteiger partial charge in [0.25, 0.3) is 0 Å². The Morgan fingerprint density at radius 2 is 2.32 bits per heavy atom. The Bertz CT molecular complexity index is 456. The van der Waals surface area contributed by atoms with E-state index in [4.69, 9.17) is 0 Å². The molecule has 4 nitrogen and oxygen atoms in total. The quantitative estimate of drug-likeness (QED) is 0.846. The van der Waals surface area contributed by atoms with Gasteiger partial charge in [0, 0.05) is 24.8 Å². The highest BCUT2D eigenvalue weighted by molar-refractivity contribution is 5.82. The molecule has 19 heavy (non-hydrogen) atoms. The first-order valence-corrected chi connectivity index (χ1v) is 6.68. The number of ketones is 1. The molecule has 1 aliphatic rings. The van der Waals surface area contributed by atoms with Crippen LogP contribution in [0.1, 0.15) is 51.4 Å². The van der Waals surface area contributed by atoms with E-state index in [1.807, 2.05) is 13.8 Å². The molecule has 6 heteroatoms. The van der Waals surface area contributed by atoms with E-state index in [1.165, 1.54) is 6.33 Å². The zero-order valence-corrected chi connectivity index (χ0v) is 11.3. The summed E-state index contributed by atoms with van der Waals surface area (Å²) in [5, 5.41) is 4.05. The lowest BCUT2D eigenvalue weighted by atomic mass is 9.83. The molecule has 1 aromatic rings. The molecule has 1 unspecified atom stereocenters. The van der Waals surface area contributed by atoms with Crippen LogP contribution in [-0.4, -0.2) is 26.5 Å². The summed E-state index contributed by atoms with van der Waals surface area (Å²) in [6.45, 7) is 3.88. The molecule has 0 radical (unpaired) electrons. The Hall–Kier alpha value is -1.33. The molecule has 0 amide bonds. The van der Waals surface area contributed by atoms with E-state index in [-0.39, 0.29) is 31.1 Å². The molecule has 2 rings (SSSR count). The predicted octanol–water partition coefficient (Wildman–Crippen LogP) is 2.80. The lowest BCUT2D eigenvalue weighted by Gasteiger charge is -2.27. The summed E-state index contributed by atoms with van der Waals surface area (Å²) >= 11 is 0. The van der Waals surface area contributed by atoms with Gasteiger partial charge in [-0.25, -0.2) is 18.4 Å². The summed E-state index contributed by atoms with van der Waals surface area (Å²) in [5.41, 5.74) is 0. The van der Waals surface area contributed by atoms with Crippen LogP contribution in [0, 0.1) is 5.92 Å². The number of nitrogens with zero attached hydrogens (tertiary/aromatic N) is 3. The summed E-state index contributed by atoms with van der Waals surface area (Å²) in [6, 6.07) is 0.109. The molecule has 1 saturated carbocycles. The maximum Gasteiger partial charge on any atom is 0.248 e. The number of carbonyl (C=O) groups is 1. The lowest BCUT2D eigenvalue weighted by molar-refractivity contribution is -0.129. The number of aromatic nitrogens is 3. The highest BCUT2D eigenvalue weighted by Gasteiger charge is 2.39. The molecule has 0 saturated heterocycles. The normalized spacial score (nSPS) is 22.7. The molecule has 0 aliphatic heterocycles. The minimum absolute atomic E-state index is 0.0962. The van der Waals surface area contributed by atoms with Crippen molar-refractivity contribution in [1.82, 2.24) is 14.8 Å². The van der Waals surface area contributed by atoms with Crippen molar-refractivity contribution in [2.24, 2.45) is 5.92 Å². The molecule has 1 aliphatic carbocycles. The van der Waals surface area contributed by atoms with Crippen LogP contribution >= 0.6 is 0 Å². The number of hydrogen-bond donors (Lipinski definition) is 0. The molecule has 0 N–H and O–H groups in total. The van der Waals surface area contributed by atoms with Gasteiger partial charge in [-0.3, -0.25) is 4.79 Å². The van der Waals surface area contributed by atoms with Crippen LogP contribution in [0.25, 0.3) is 0 Å². The van der Waals surface area contributed by atoms with E-state index in [0.29, 0.717) is 18.7 Å². The highest BCUT2D eigenvalue weighted by atomic mass is 19.3. The Morgan fingerprint density at radius 1 is 1.58 bits per heavy atom. The molecule has 1 fully saturated rings. The number of Topliss-reactive ketones (excluding diaryl/α,β-unsaturated/α-hetero) is 1. The second kappa shape index (κ2) is 5.35. The van der Waals surface area contributed by atoms with Crippen LogP contribution in [0.15, 0.2) is 6.33 Å². The number of carbonyl (C=O) groups excluding carboxylic acids is 1. The number of hydrogen-bond acceptors (Lipinski definition) is 3. The second-order valence-electron chi connectivity index (χ2n) is 5.51. The largest absolute Gasteiger partial charge is 0.299 e. The van der Waals surface area contributed by atoms with E-state index < -0.39 is 11.8 Å². The van der Waals surface area contributed by atoms with Crippen LogP contribution in [0.2, 0.25) is 0 Å². The van der Waals surface area contributed by atoms with E-state index in [0.717, 1.165) is 0 Å². The predicted molar refractivity (Wildman–Crippen MR) is 66.0 cm³/mol. The highest BCUT2D eigenvalue weighted by Crippen LogP contribution is 2.37. The fourth-order valence-corrected chi connectivity index (χ4v) is 2.58. The van der Waals surface area contributed by atoms with Gasteiger partial charge in [-0.2, -0.15) is 5.10 Å². The van der Waals surface area contributed by atoms with Crippen molar-refractivity contribution in [3.63, 3.8) is 0 Å². The number of halogens is 2. The van der Waals surface area contributed by atoms with E-state index >= 15 is 0 Å². The average Bonchev–Trinajstić information content (AvgIpc) is 2.75. The van der Waals surface area contributed by atoms with Gasteiger partial charge in [0.2, 0.25) is 5.92 Å². The third-order valence-corrected chi connectivity index (χ3v) is 3.56. The lowest BCUT2D eigenvalue weighted by Crippen LogP contribution is -2.31. The molecule has 1 aromatic heterocycles. The Kier molecular flexibility index (Phi) is 3.96. The molecular formula is C13H19F2N3O. The maximum atomic E-state index is 13.3. The molecule has 1 atom stereocenters. The number of rotatable bonds is 4. The second-order valence-corrected chi connectivity index (χ2v) is 5.51. The average molecular weight is 271 g/mol. The molecule has 0 bridgehead atoms. The summed E-state index contributed by atoms with van der Waals surface area (Å²) in [5.74, 6) is -2.81. The first kappa shape index (κ1) is 14.1. The van der Waals surface area contributed by atoms with Gasteiger partial charge in [-0.05, 0) is 26.7 Å². The first-order chi connectivity index (χ1) is 8.89. The van der Waals surface area contributed by atoms with Crippen LogP contribution in [-0.2, 0) is 11.2 Å². The van der Waals surface area contributed by atoms with Crippen molar-refractivity contribution in [1.29, 1.82) is 0 Å². The molecule has 0 aromatic carbocycles. The van der Waals surface area contributed by atoms with Crippen LogP contribution in [0.5, 0.6) is 0 Å². The van der Waals surface area contributed by atoms with Crippen molar-refractivity contribution >= 4 is 5.78 Å². The van der Waals surface area contributed by atoms with Gasteiger partial charge in [0.1, 0.15) is 17.9 Å². The smallest absolute Gasteiger partial charge is 0.248 e. The number of alkyl halides is 2. The van der Waals surface area contributed by atoms with Gasteiger partial charge < -0.3 is 0 Å². The van der Waals surface area contributed by atoms with Gasteiger partial charge in [0.15, 0.2) is 0 Å². The van der Waals surface area contributed by atoms with Crippen LogP contribution < -0.4 is 0 Å². The van der Waals surface area contributed by atoms with Crippen molar-refractivity contribution in [3.8, 4) is 0 Å². The summed E-state index contributed by atoms with van der Waals surface area (Å²) in [7, 11) is 0. The first-order valence-electron chi connectivity index (χ1n) is 6.68. The zero-order chi connectivity index (χ0) is 14.0. The van der Waals surface area contributed by atoms with Gasteiger partial charge in [-0.1, -0.05) is 0 Å².